The zero-order valence-electron chi connectivity index (χ0n) is 10.1. The van der Waals surface area contributed by atoms with E-state index in [9.17, 15) is 4.91 Å². The SMILES string of the molecule is COc1cccc2c1C(N=O)CN(CCCCl)S2. The third-order valence-electron chi connectivity index (χ3n) is 2.85. The summed E-state index contributed by atoms with van der Waals surface area (Å²) in [6.45, 7) is 1.47. The number of alkyl halides is 1. The lowest BCUT2D eigenvalue weighted by Gasteiger charge is -2.30. The van der Waals surface area contributed by atoms with Gasteiger partial charge < -0.3 is 4.74 Å². The molecule has 1 aromatic rings. The fourth-order valence-electron chi connectivity index (χ4n) is 2.03. The smallest absolute Gasteiger partial charge is 0.135 e. The molecule has 4 nitrogen and oxygen atoms in total. The Morgan fingerprint density at radius 3 is 3.11 bits per heavy atom. The highest BCUT2D eigenvalue weighted by molar-refractivity contribution is 7.97. The molecule has 6 heteroatoms. The fourth-order valence-corrected chi connectivity index (χ4v) is 3.34. The molecule has 1 atom stereocenters. The number of hydrogen-bond acceptors (Lipinski definition) is 5. The maximum Gasteiger partial charge on any atom is 0.135 e. The van der Waals surface area contributed by atoms with Crippen molar-refractivity contribution >= 4 is 23.5 Å². The Morgan fingerprint density at radius 1 is 1.61 bits per heavy atom. The molecule has 0 amide bonds. The molecule has 1 heterocycles. The van der Waals surface area contributed by atoms with Crippen LogP contribution in [-0.2, 0) is 0 Å². The number of nitroso groups, excluding NO2 is 1. The molecule has 0 saturated carbocycles. The van der Waals surface area contributed by atoms with E-state index >= 15 is 0 Å². The van der Waals surface area contributed by atoms with Gasteiger partial charge in [-0.2, -0.15) is 4.91 Å². The lowest BCUT2D eigenvalue weighted by Crippen LogP contribution is -2.27. The first-order chi connectivity index (χ1) is 8.80. The molecule has 0 bridgehead atoms. The molecule has 0 radical (unpaired) electrons. The quantitative estimate of drug-likeness (QED) is 0.472. The molecule has 0 saturated heterocycles. The van der Waals surface area contributed by atoms with Gasteiger partial charge in [-0.1, -0.05) is 11.2 Å². The number of nitrogens with zero attached hydrogens (tertiary/aromatic N) is 2. The highest BCUT2D eigenvalue weighted by atomic mass is 35.5. The Balaban J connectivity index is 2.26. The largest absolute Gasteiger partial charge is 0.496 e. The van der Waals surface area contributed by atoms with Gasteiger partial charge in [0.1, 0.15) is 11.8 Å². The molecule has 0 spiro atoms. The molecule has 1 aliphatic heterocycles. The van der Waals surface area contributed by atoms with Crippen LogP contribution in [0.1, 0.15) is 18.0 Å². The summed E-state index contributed by atoms with van der Waals surface area (Å²) in [5.74, 6) is 1.36. The first kappa shape index (κ1) is 13.6. The molecule has 18 heavy (non-hydrogen) atoms. The second-order valence-corrected chi connectivity index (χ2v) is 5.53. The Bertz CT molecular complexity index is 431. The van der Waals surface area contributed by atoms with Crippen molar-refractivity contribution in [2.24, 2.45) is 5.18 Å². The number of fused-ring (bicyclic) bond motifs is 1. The second kappa shape index (κ2) is 6.41. The lowest BCUT2D eigenvalue weighted by atomic mass is 10.1. The first-order valence-electron chi connectivity index (χ1n) is 5.78. The number of methoxy groups -OCH3 is 1. The van der Waals surface area contributed by atoms with Gasteiger partial charge in [-0.25, -0.2) is 4.31 Å². The summed E-state index contributed by atoms with van der Waals surface area (Å²) >= 11 is 7.34. The number of rotatable bonds is 5. The van der Waals surface area contributed by atoms with Crippen LogP contribution >= 0.6 is 23.5 Å². The summed E-state index contributed by atoms with van der Waals surface area (Å²) in [7, 11) is 1.61. The van der Waals surface area contributed by atoms with Crippen LogP contribution < -0.4 is 4.74 Å². The minimum atomic E-state index is -0.368. The van der Waals surface area contributed by atoms with Crippen molar-refractivity contribution in [3.05, 3.63) is 28.7 Å². The number of benzene rings is 1. The van der Waals surface area contributed by atoms with Crippen LogP contribution in [0.3, 0.4) is 0 Å². The average Bonchev–Trinajstić information content (AvgIpc) is 2.43. The third kappa shape index (κ3) is 2.79. The summed E-state index contributed by atoms with van der Waals surface area (Å²) in [6.07, 6.45) is 0.902. The van der Waals surface area contributed by atoms with E-state index in [0.29, 0.717) is 12.4 Å². The van der Waals surface area contributed by atoms with Crippen molar-refractivity contribution in [1.82, 2.24) is 4.31 Å². The minimum Gasteiger partial charge on any atom is -0.496 e. The molecule has 98 valence electrons. The Morgan fingerprint density at radius 2 is 2.44 bits per heavy atom. The topological polar surface area (TPSA) is 41.9 Å². The number of hydrogen-bond donors (Lipinski definition) is 0. The molecule has 0 fully saturated rings. The first-order valence-corrected chi connectivity index (χ1v) is 7.09. The van der Waals surface area contributed by atoms with Gasteiger partial charge >= 0.3 is 0 Å². The van der Waals surface area contributed by atoms with Crippen LogP contribution in [0.5, 0.6) is 5.75 Å². The Hall–Kier alpha value is -0.780. The molecule has 2 rings (SSSR count). The van der Waals surface area contributed by atoms with Gasteiger partial charge in [0.2, 0.25) is 0 Å². The van der Waals surface area contributed by atoms with E-state index < -0.39 is 0 Å². The zero-order valence-corrected chi connectivity index (χ0v) is 11.7. The lowest BCUT2D eigenvalue weighted by molar-refractivity contribution is 0.380. The summed E-state index contributed by atoms with van der Waals surface area (Å²) in [5.41, 5.74) is 0.905. The standard InChI is InChI=1S/C12H15ClN2O2S/c1-17-10-4-2-5-11-12(10)9(14-16)8-15(18-11)7-3-6-13/h2,4-5,9H,3,6-8H2,1H3. The number of ether oxygens (including phenoxy) is 1. The van der Waals surface area contributed by atoms with E-state index in [1.165, 1.54) is 0 Å². The maximum absolute atomic E-state index is 11.0. The van der Waals surface area contributed by atoms with Crippen LogP contribution in [0.2, 0.25) is 0 Å². The molecule has 0 aliphatic carbocycles. The average molecular weight is 287 g/mol. The van der Waals surface area contributed by atoms with Gasteiger partial charge in [-0.15, -0.1) is 11.6 Å². The van der Waals surface area contributed by atoms with E-state index in [1.807, 2.05) is 18.2 Å². The normalized spacial score (nSPS) is 19.3. The zero-order chi connectivity index (χ0) is 13.0. The van der Waals surface area contributed by atoms with Gasteiger partial charge in [0.15, 0.2) is 0 Å². The molecular formula is C12H15ClN2O2S. The summed E-state index contributed by atoms with van der Waals surface area (Å²) in [4.78, 5) is 12.1. The van der Waals surface area contributed by atoms with Crippen molar-refractivity contribution in [3.8, 4) is 5.75 Å². The molecule has 1 aliphatic rings. The van der Waals surface area contributed by atoms with E-state index in [1.54, 1.807) is 19.1 Å². The van der Waals surface area contributed by atoms with Crippen LogP contribution in [0.4, 0.5) is 0 Å². The van der Waals surface area contributed by atoms with E-state index in [2.05, 4.69) is 9.48 Å². The molecular weight excluding hydrogens is 272 g/mol. The fraction of sp³-hybridized carbons (Fsp3) is 0.500. The van der Waals surface area contributed by atoms with Gasteiger partial charge in [0.25, 0.3) is 0 Å². The molecule has 1 unspecified atom stereocenters. The summed E-state index contributed by atoms with van der Waals surface area (Å²) < 4.78 is 7.44. The highest BCUT2D eigenvalue weighted by Gasteiger charge is 2.29. The molecule has 0 N–H and O–H groups in total. The van der Waals surface area contributed by atoms with Crippen molar-refractivity contribution in [1.29, 1.82) is 0 Å². The molecule has 0 aromatic heterocycles. The highest BCUT2D eigenvalue weighted by Crippen LogP contribution is 2.43. The van der Waals surface area contributed by atoms with Gasteiger partial charge in [-0.05, 0) is 30.5 Å². The van der Waals surface area contributed by atoms with Crippen molar-refractivity contribution in [3.63, 3.8) is 0 Å². The van der Waals surface area contributed by atoms with Gasteiger partial charge in [-0.3, -0.25) is 0 Å². The van der Waals surface area contributed by atoms with Crippen molar-refractivity contribution < 1.29 is 4.74 Å². The van der Waals surface area contributed by atoms with Crippen LogP contribution in [-0.4, -0.2) is 30.4 Å². The van der Waals surface area contributed by atoms with E-state index in [4.69, 9.17) is 16.3 Å². The van der Waals surface area contributed by atoms with Crippen molar-refractivity contribution in [2.75, 3.05) is 26.1 Å². The van der Waals surface area contributed by atoms with E-state index in [-0.39, 0.29) is 6.04 Å². The van der Waals surface area contributed by atoms with Gasteiger partial charge in [0.05, 0.1) is 7.11 Å². The maximum atomic E-state index is 11.0. The van der Waals surface area contributed by atoms with Crippen LogP contribution in [0, 0.1) is 4.91 Å². The summed E-state index contributed by atoms with van der Waals surface area (Å²) in [5, 5.41) is 3.24. The monoisotopic (exact) mass is 286 g/mol. The van der Waals surface area contributed by atoms with Gasteiger partial charge in [0, 0.05) is 29.4 Å². The second-order valence-electron chi connectivity index (χ2n) is 4.02. The molecule has 1 aromatic carbocycles. The Kier molecular flexibility index (Phi) is 4.86. The predicted molar refractivity (Wildman–Crippen MR) is 74.3 cm³/mol. The van der Waals surface area contributed by atoms with Crippen molar-refractivity contribution in [2.45, 2.75) is 17.4 Å². The van der Waals surface area contributed by atoms with Crippen LogP contribution in [0.25, 0.3) is 0 Å². The number of halogens is 1. The predicted octanol–water partition coefficient (Wildman–Crippen LogP) is 3.45. The third-order valence-corrected chi connectivity index (χ3v) is 4.26. The summed E-state index contributed by atoms with van der Waals surface area (Å²) in [6, 6.07) is 5.42. The van der Waals surface area contributed by atoms with E-state index in [0.717, 1.165) is 29.2 Å². The van der Waals surface area contributed by atoms with Crippen LogP contribution in [0.15, 0.2) is 28.3 Å². The minimum absolute atomic E-state index is 0.368. The Labute approximate surface area is 116 Å².